The lowest BCUT2D eigenvalue weighted by atomic mass is 10.2. The molecule has 1 aromatic heterocycles. The Balaban J connectivity index is 2.92. The van der Waals surface area contributed by atoms with Gasteiger partial charge in [0.25, 0.3) is 5.82 Å². The molecule has 0 saturated heterocycles. The van der Waals surface area contributed by atoms with E-state index in [0.29, 0.717) is 0 Å². The first-order valence-electron chi connectivity index (χ1n) is 5.32. The highest BCUT2D eigenvalue weighted by Gasteiger charge is 2.19. The highest BCUT2D eigenvalue weighted by molar-refractivity contribution is 5.64. The first-order valence-corrected chi connectivity index (χ1v) is 5.32. The van der Waals surface area contributed by atoms with Gasteiger partial charge in [0.1, 0.15) is 11.9 Å². The number of aliphatic carboxylic acids is 1. The Morgan fingerprint density at radius 2 is 2.27 bits per heavy atom. The molecule has 0 unspecified atom stereocenters. The molecule has 0 radical (unpaired) electrons. The van der Waals surface area contributed by atoms with E-state index in [0.717, 1.165) is 30.8 Å². The summed E-state index contributed by atoms with van der Waals surface area (Å²) < 4.78 is 3.89. The van der Waals surface area contributed by atoms with E-state index < -0.39 is 5.97 Å². The zero-order valence-electron chi connectivity index (χ0n) is 9.66. The molecular weight excluding hydrogens is 192 g/mol. The van der Waals surface area contributed by atoms with Crippen molar-refractivity contribution < 1.29 is 14.5 Å². The third-order valence-electron chi connectivity index (χ3n) is 2.65. The van der Waals surface area contributed by atoms with Crippen LogP contribution in [0.1, 0.15) is 31.3 Å². The fraction of sp³-hybridized carbons (Fsp3) is 0.636. The molecule has 1 aromatic rings. The molecule has 84 valence electrons. The van der Waals surface area contributed by atoms with Crippen molar-refractivity contribution in [2.75, 3.05) is 0 Å². The predicted octanol–water partition coefficient (Wildman–Crippen LogP) is 1.05. The van der Waals surface area contributed by atoms with Gasteiger partial charge in [-0.3, -0.25) is 0 Å². The third kappa shape index (κ3) is 2.81. The molecular formula is C11H19N2O2+. The van der Waals surface area contributed by atoms with Crippen LogP contribution in [0.3, 0.4) is 0 Å². The summed E-state index contributed by atoms with van der Waals surface area (Å²) in [6.07, 6.45) is 5.06. The summed E-state index contributed by atoms with van der Waals surface area (Å²) in [5.74, 6) is 0.306. The highest BCUT2D eigenvalue weighted by Crippen LogP contribution is 2.04. The van der Waals surface area contributed by atoms with E-state index in [1.807, 2.05) is 24.7 Å². The van der Waals surface area contributed by atoms with Gasteiger partial charge in [0.15, 0.2) is 6.54 Å². The van der Waals surface area contributed by atoms with Gasteiger partial charge in [-0.2, -0.15) is 0 Å². The Morgan fingerprint density at radius 3 is 2.80 bits per heavy atom. The van der Waals surface area contributed by atoms with Gasteiger partial charge < -0.3 is 5.11 Å². The largest absolute Gasteiger partial charge is 0.478 e. The number of nitrogens with zero attached hydrogens (tertiary/aromatic N) is 2. The maximum Gasteiger partial charge on any atom is 0.346 e. The van der Waals surface area contributed by atoms with E-state index in [9.17, 15) is 4.79 Å². The van der Waals surface area contributed by atoms with Crippen molar-refractivity contribution in [3.8, 4) is 0 Å². The Kier molecular flexibility index (Phi) is 3.88. The summed E-state index contributed by atoms with van der Waals surface area (Å²) in [7, 11) is 1.98. The number of imidazole rings is 1. The second kappa shape index (κ2) is 4.96. The average Bonchev–Trinajstić information content (AvgIpc) is 2.40. The van der Waals surface area contributed by atoms with Gasteiger partial charge >= 0.3 is 5.97 Å². The van der Waals surface area contributed by atoms with Crippen molar-refractivity contribution >= 4 is 5.97 Å². The first-order chi connectivity index (χ1) is 7.06. The minimum Gasteiger partial charge on any atom is -0.478 e. The van der Waals surface area contributed by atoms with Crippen molar-refractivity contribution in [1.29, 1.82) is 0 Å². The van der Waals surface area contributed by atoms with Crippen LogP contribution in [0.25, 0.3) is 0 Å². The molecule has 0 saturated carbocycles. The van der Waals surface area contributed by atoms with E-state index in [1.165, 1.54) is 0 Å². The molecule has 4 heteroatoms. The number of hydrogen-bond acceptors (Lipinski definition) is 1. The lowest BCUT2D eigenvalue weighted by Gasteiger charge is -1.99. The molecule has 1 heterocycles. The second-order valence-corrected chi connectivity index (χ2v) is 3.87. The zero-order valence-corrected chi connectivity index (χ0v) is 9.66. The molecule has 0 atom stereocenters. The van der Waals surface area contributed by atoms with Crippen LogP contribution in [0, 0.1) is 6.92 Å². The van der Waals surface area contributed by atoms with Gasteiger partial charge in [0.2, 0.25) is 0 Å². The van der Waals surface area contributed by atoms with Gasteiger partial charge in [-0.05, 0) is 6.42 Å². The Hall–Kier alpha value is -1.32. The summed E-state index contributed by atoms with van der Waals surface area (Å²) in [5, 5.41) is 8.79. The standard InChI is InChI=1S/C11H18N2O2/c1-4-5-6-10-12(3)9(2)7-13(10)8-11(14)15/h7H,4-6,8H2,1-3H3/p+1. The summed E-state index contributed by atoms with van der Waals surface area (Å²) in [6.45, 7) is 4.19. The Bertz CT molecular complexity index is 356. The monoisotopic (exact) mass is 211 g/mol. The van der Waals surface area contributed by atoms with Crippen molar-refractivity contribution in [3.05, 3.63) is 17.7 Å². The molecule has 0 aromatic carbocycles. The van der Waals surface area contributed by atoms with E-state index >= 15 is 0 Å². The molecule has 1 rings (SSSR count). The van der Waals surface area contributed by atoms with Gasteiger partial charge in [-0.25, -0.2) is 13.9 Å². The van der Waals surface area contributed by atoms with Crippen LogP contribution in [0.15, 0.2) is 6.20 Å². The number of carboxylic acids is 1. The Labute approximate surface area is 90.2 Å². The first kappa shape index (κ1) is 11.8. The quantitative estimate of drug-likeness (QED) is 0.740. The summed E-state index contributed by atoms with van der Waals surface area (Å²) in [6, 6.07) is 0. The molecule has 1 N–H and O–H groups in total. The number of hydrogen-bond donors (Lipinski definition) is 1. The van der Waals surface area contributed by atoms with Crippen LogP contribution in [-0.4, -0.2) is 15.6 Å². The SMILES string of the molecule is CCCCc1n(C)c(C)c[n+]1CC(=O)O. The minimum atomic E-state index is -0.789. The second-order valence-electron chi connectivity index (χ2n) is 3.87. The topological polar surface area (TPSA) is 46.1 Å². The van der Waals surface area contributed by atoms with Crippen molar-refractivity contribution in [1.82, 2.24) is 4.57 Å². The fourth-order valence-electron chi connectivity index (χ4n) is 1.71. The summed E-state index contributed by atoms with van der Waals surface area (Å²) in [4.78, 5) is 10.7. The predicted molar refractivity (Wildman–Crippen MR) is 56.6 cm³/mol. The average molecular weight is 211 g/mol. The maximum absolute atomic E-state index is 10.7. The zero-order chi connectivity index (χ0) is 11.4. The Morgan fingerprint density at radius 1 is 1.60 bits per heavy atom. The molecule has 0 fully saturated rings. The number of rotatable bonds is 5. The number of unbranched alkanes of at least 4 members (excludes halogenated alkanes) is 1. The molecule has 0 spiro atoms. The van der Waals surface area contributed by atoms with Crippen LogP contribution in [0.2, 0.25) is 0 Å². The van der Waals surface area contributed by atoms with Crippen molar-refractivity contribution in [2.45, 2.75) is 39.7 Å². The molecule has 0 aliphatic rings. The van der Waals surface area contributed by atoms with E-state index in [1.54, 1.807) is 0 Å². The van der Waals surface area contributed by atoms with Crippen LogP contribution < -0.4 is 4.57 Å². The van der Waals surface area contributed by atoms with Crippen LogP contribution in [-0.2, 0) is 24.8 Å². The lowest BCUT2D eigenvalue weighted by molar-refractivity contribution is -0.692. The number of aromatic nitrogens is 2. The molecule has 0 bridgehead atoms. The molecule has 4 nitrogen and oxygen atoms in total. The van der Waals surface area contributed by atoms with Gasteiger partial charge in [0.05, 0.1) is 7.05 Å². The van der Waals surface area contributed by atoms with E-state index in [2.05, 4.69) is 11.5 Å². The van der Waals surface area contributed by atoms with Crippen molar-refractivity contribution in [3.63, 3.8) is 0 Å². The normalized spacial score (nSPS) is 10.6. The van der Waals surface area contributed by atoms with E-state index in [4.69, 9.17) is 5.11 Å². The third-order valence-corrected chi connectivity index (χ3v) is 2.65. The van der Waals surface area contributed by atoms with Crippen LogP contribution in [0.4, 0.5) is 0 Å². The van der Waals surface area contributed by atoms with Gasteiger partial charge in [0, 0.05) is 13.3 Å². The van der Waals surface area contributed by atoms with Crippen molar-refractivity contribution in [2.24, 2.45) is 7.05 Å². The highest BCUT2D eigenvalue weighted by atomic mass is 16.4. The number of carboxylic acid groups (broad SMARTS) is 1. The van der Waals surface area contributed by atoms with E-state index in [-0.39, 0.29) is 6.54 Å². The lowest BCUT2D eigenvalue weighted by Crippen LogP contribution is -2.40. The molecule has 15 heavy (non-hydrogen) atoms. The summed E-state index contributed by atoms with van der Waals surface area (Å²) in [5.41, 5.74) is 1.10. The van der Waals surface area contributed by atoms with Gasteiger partial charge in [-0.15, -0.1) is 0 Å². The number of aryl methyl sites for hydroxylation is 1. The van der Waals surface area contributed by atoms with Crippen LogP contribution in [0.5, 0.6) is 0 Å². The minimum absolute atomic E-state index is 0.0563. The molecule has 0 aliphatic carbocycles. The maximum atomic E-state index is 10.7. The molecule has 0 aliphatic heterocycles. The number of carbonyl (C=O) groups is 1. The fourth-order valence-corrected chi connectivity index (χ4v) is 1.71. The van der Waals surface area contributed by atoms with Crippen LogP contribution >= 0.6 is 0 Å². The molecule has 0 amide bonds. The summed E-state index contributed by atoms with van der Waals surface area (Å²) >= 11 is 0. The smallest absolute Gasteiger partial charge is 0.346 e. The van der Waals surface area contributed by atoms with Gasteiger partial charge in [-0.1, -0.05) is 13.3 Å².